The molecule has 0 N–H and O–H groups in total. The van der Waals surface area contributed by atoms with Crippen molar-refractivity contribution in [2.75, 3.05) is 9.80 Å². The third-order valence-electron chi connectivity index (χ3n) is 13.8. The van der Waals surface area contributed by atoms with Crippen LogP contribution in [0.4, 0.5) is 34.1 Å². The highest BCUT2D eigenvalue weighted by atomic mass is 15.2. The molecule has 6 aromatic carbocycles. The van der Waals surface area contributed by atoms with Crippen molar-refractivity contribution in [1.82, 2.24) is 0 Å². The second kappa shape index (κ2) is 14.8. The van der Waals surface area contributed by atoms with Gasteiger partial charge in [-0.05, 0) is 136 Å². The first-order chi connectivity index (χ1) is 29.0. The molecule has 2 heterocycles. The van der Waals surface area contributed by atoms with Crippen LogP contribution in [0.5, 0.6) is 0 Å². The van der Waals surface area contributed by atoms with Crippen molar-refractivity contribution in [3.8, 4) is 11.1 Å². The summed E-state index contributed by atoms with van der Waals surface area (Å²) in [6.07, 6.45) is 0. The standard InChI is InChI=1S/C60H73BN2/c1-55(2,3)39-22-27-45(28-23-39)62-50-31-26-41(57(7,8)9)36-48(50)61-47-29-24-42(58(10,11)12)37-53(47)63(52-21-19-20-51(62)54(52)61)49-30-25-40(56(4,5)6)35-46(49)38-32-43(59(13,14)15)34-44(33-38)60(16,17)18/h19-37H,1-18H3. The molecule has 0 aromatic heterocycles. The monoisotopic (exact) mass is 833 g/mol. The molecule has 0 fully saturated rings. The van der Waals surface area contributed by atoms with Gasteiger partial charge in [0.1, 0.15) is 0 Å². The molecule has 0 saturated carbocycles. The Labute approximate surface area is 382 Å². The zero-order valence-corrected chi connectivity index (χ0v) is 41.9. The van der Waals surface area contributed by atoms with E-state index in [-0.39, 0.29) is 39.2 Å². The Kier molecular flexibility index (Phi) is 10.4. The van der Waals surface area contributed by atoms with Crippen LogP contribution in [-0.4, -0.2) is 6.71 Å². The third kappa shape index (κ3) is 8.08. The van der Waals surface area contributed by atoms with Crippen molar-refractivity contribution in [2.45, 2.75) is 157 Å². The van der Waals surface area contributed by atoms with Crippen molar-refractivity contribution in [1.29, 1.82) is 0 Å². The largest absolute Gasteiger partial charge is 0.311 e. The first-order valence-corrected chi connectivity index (χ1v) is 23.5. The van der Waals surface area contributed by atoms with Crippen molar-refractivity contribution in [2.24, 2.45) is 0 Å². The quantitative estimate of drug-likeness (QED) is 0.164. The van der Waals surface area contributed by atoms with Gasteiger partial charge in [-0.3, -0.25) is 0 Å². The molecule has 0 amide bonds. The molecule has 2 aliphatic heterocycles. The van der Waals surface area contributed by atoms with Gasteiger partial charge in [-0.15, -0.1) is 0 Å². The van der Waals surface area contributed by atoms with Crippen LogP contribution in [0, 0.1) is 0 Å². The van der Waals surface area contributed by atoms with Crippen molar-refractivity contribution >= 4 is 57.2 Å². The van der Waals surface area contributed by atoms with Crippen LogP contribution in [0.2, 0.25) is 0 Å². The minimum Gasteiger partial charge on any atom is -0.311 e. The topological polar surface area (TPSA) is 6.48 Å². The Bertz CT molecular complexity index is 2690. The molecule has 0 radical (unpaired) electrons. The van der Waals surface area contributed by atoms with Gasteiger partial charge in [0, 0.05) is 34.0 Å². The first-order valence-electron chi connectivity index (χ1n) is 23.5. The molecular weight excluding hydrogens is 759 g/mol. The average molecular weight is 833 g/mol. The van der Waals surface area contributed by atoms with Gasteiger partial charge < -0.3 is 9.80 Å². The fourth-order valence-electron chi connectivity index (χ4n) is 9.59. The molecule has 0 unspecified atom stereocenters. The number of fused-ring (bicyclic) bond motifs is 4. The molecule has 0 bridgehead atoms. The van der Waals surface area contributed by atoms with Gasteiger partial charge in [0.15, 0.2) is 0 Å². The Morgan fingerprint density at radius 3 is 1.29 bits per heavy atom. The lowest BCUT2D eigenvalue weighted by atomic mass is 9.33. The lowest BCUT2D eigenvalue weighted by Gasteiger charge is -2.45. The summed E-state index contributed by atoms with van der Waals surface area (Å²) in [5, 5.41) is 0. The summed E-state index contributed by atoms with van der Waals surface area (Å²) in [6, 6.07) is 45.8. The smallest absolute Gasteiger partial charge is 0.252 e. The summed E-state index contributed by atoms with van der Waals surface area (Å²) in [6.45, 7) is 42.1. The number of rotatable bonds is 3. The van der Waals surface area contributed by atoms with Crippen LogP contribution in [0.15, 0.2) is 115 Å². The van der Waals surface area contributed by atoms with Crippen LogP contribution in [0.1, 0.15) is 158 Å². The minimum atomic E-state index is -0.0374. The highest BCUT2D eigenvalue weighted by molar-refractivity contribution is 7.00. The summed E-state index contributed by atoms with van der Waals surface area (Å²) < 4.78 is 0. The normalized spacial score (nSPS) is 14.4. The highest BCUT2D eigenvalue weighted by Gasteiger charge is 2.44. The molecule has 2 nitrogen and oxygen atoms in total. The van der Waals surface area contributed by atoms with Crippen LogP contribution in [0.25, 0.3) is 11.1 Å². The summed E-state index contributed by atoms with van der Waals surface area (Å²) in [5.74, 6) is 0. The molecule has 2 aliphatic rings. The van der Waals surface area contributed by atoms with Crippen molar-refractivity contribution < 1.29 is 0 Å². The molecule has 0 atom stereocenters. The fraction of sp³-hybridized carbons (Fsp3) is 0.400. The predicted octanol–water partition coefficient (Wildman–Crippen LogP) is 15.2. The van der Waals surface area contributed by atoms with Crippen LogP contribution in [-0.2, 0) is 32.5 Å². The van der Waals surface area contributed by atoms with Crippen molar-refractivity contribution in [3.05, 3.63) is 149 Å². The first kappa shape index (κ1) is 44.6. The van der Waals surface area contributed by atoms with Gasteiger partial charge in [0.25, 0.3) is 6.71 Å². The summed E-state index contributed by atoms with van der Waals surface area (Å²) >= 11 is 0. The predicted molar refractivity (Wildman–Crippen MR) is 278 cm³/mol. The summed E-state index contributed by atoms with van der Waals surface area (Å²) in [7, 11) is 0. The number of benzene rings is 6. The van der Waals surface area contributed by atoms with E-state index in [1.807, 2.05) is 0 Å². The van der Waals surface area contributed by atoms with E-state index in [1.165, 1.54) is 95.0 Å². The van der Waals surface area contributed by atoms with Gasteiger partial charge in [-0.1, -0.05) is 191 Å². The van der Waals surface area contributed by atoms with E-state index in [0.717, 1.165) is 0 Å². The number of anilines is 6. The van der Waals surface area contributed by atoms with Gasteiger partial charge in [0.2, 0.25) is 0 Å². The molecule has 0 spiro atoms. The summed E-state index contributed by atoms with van der Waals surface area (Å²) in [4.78, 5) is 5.18. The van der Waals surface area contributed by atoms with Crippen LogP contribution >= 0.6 is 0 Å². The summed E-state index contributed by atoms with van der Waals surface area (Å²) in [5.41, 5.74) is 22.1. The van der Waals surface area contributed by atoms with Crippen LogP contribution in [0.3, 0.4) is 0 Å². The molecule has 0 saturated heterocycles. The van der Waals surface area contributed by atoms with Crippen molar-refractivity contribution in [3.63, 3.8) is 0 Å². The molecule has 6 aromatic rings. The van der Waals surface area contributed by atoms with Gasteiger partial charge in [-0.25, -0.2) is 0 Å². The fourth-order valence-corrected chi connectivity index (χ4v) is 9.59. The Morgan fingerprint density at radius 2 is 0.762 bits per heavy atom. The third-order valence-corrected chi connectivity index (χ3v) is 13.8. The van der Waals surface area contributed by atoms with Gasteiger partial charge in [0.05, 0.1) is 5.69 Å². The maximum absolute atomic E-state index is 2.64. The second-order valence-corrected chi connectivity index (χ2v) is 24.9. The Hall–Kier alpha value is -5.02. The molecular formula is C60H73BN2. The Balaban J connectivity index is 1.49. The van der Waals surface area contributed by atoms with E-state index in [4.69, 9.17) is 0 Å². The minimum absolute atomic E-state index is 0.00909. The van der Waals surface area contributed by atoms with E-state index in [0.29, 0.717) is 0 Å². The zero-order chi connectivity index (χ0) is 46.0. The number of hydrogen-bond donors (Lipinski definition) is 0. The maximum Gasteiger partial charge on any atom is 0.252 e. The van der Waals surface area contributed by atoms with Gasteiger partial charge in [-0.2, -0.15) is 0 Å². The molecule has 63 heavy (non-hydrogen) atoms. The average Bonchev–Trinajstić information content (AvgIpc) is 3.18. The zero-order valence-electron chi connectivity index (χ0n) is 41.9. The van der Waals surface area contributed by atoms with Gasteiger partial charge >= 0.3 is 0 Å². The lowest BCUT2D eigenvalue weighted by Crippen LogP contribution is -2.61. The maximum atomic E-state index is 2.64. The highest BCUT2D eigenvalue weighted by Crippen LogP contribution is 2.49. The van der Waals surface area contributed by atoms with E-state index < -0.39 is 0 Å². The van der Waals surface area contributed by atoms with Crippen LogP contribution < -0.4 is 26.2 Å². The molecule has 326 valence electrons. The second-order valence-electron chi connectivity index (χ2n) is 24.9. The molecule has 8 rings (SSSR count). The van der Waals surface area contributed by atoms with E-state index in [9.17, 15) is 0 Å². The molecule has 0 aliphatic carbocycles. The van der Waals surface area contributed by atoms with E-state index in [2.05, 4.69) is 250 Å². The number of hydrogen-bond acceptors (Lipinski definition) is 2. The lowest BCUT2D eigenvalue weighted by molar-refractivity contribution is 0.569. The number of nitrogens with zero attached hydrogens (tertiary/aromatic N) is 2. The van der Waals surface area contributed by atoms with E-state index >= 15 is 0 Å². The molecule has 3 heteroatoms. The Morgan fingerprint density at radius 1 is 0.317 bits per heavy atom. The van der Waals surface area contributed by atoms with E-state index in [1.54, 1.807) is 0 Å². The SMILES string of the molecule is CC(C)(C)c1ccc(N2c3ccc(C(C)(C)C)cc3B3c4ccc(C(C)(C)C)cc4N(c4ccc(C(C)(C)C)cc4-c4cc(C(C)(C)C)cc(C(C)(C)C)c4)c4cccc2c43)cc1.